The second kappa shape index (κ2) is 12.6. The van der Waals surface area contributed by atoms with Crippen molar-refractivity contribution in [3.05, 3.63) is 0 Å². The van der Waals surface area contributed by atoms with Gasteiger partial charge in [0.15, 0.2) is 5.96 Å². The van der Waals surface area contributed by atoms with Gasteiger partial charge in [0.25, 0.3) is 0 Å². The molecule has 0 saturated carbocycles. The van der Waals surface area contributed by atoms with E-state index >= 15 is 0 Å². The van der Waals surface area contributed by atoms with Gasteiger partial charge in [0, 0.05) is 32.7 Å². The number of hydrogen-bond donors (Lipinski definition) is 1. The molecule has 6 heteroatoms. The second-order valence-electron chi connectivity index (χ2n) is 6.54. The van der Waals surface area contributed by atoms with Crippen LogP contribution in [0.5, 0.6) is 0 Å². The van der Waals surface area contributed by atoms with Gasteiger partial charge in [0.2, 0.25) is 0 Å². The second-order valence-corrected chi connectivity index (χ2v) is 7.53. The number of rotatable bonds is 7. The zero-order valence-electron chi connectivity index (χ0n) is 14.9. The summed E-state index contributed by atoms with van der Waals surface area (Å²) >= 11 is 1.91. The van der Waals surface area contributed by atoms with Crippen molar-refractivity contribution >= 4 is 41.7 Å². The van der Waals surface area contributed by atoms with Gasteiger partial charge >= 0.3 is 0 Å². The third kappa shape index (κ3) is 7.82. The molecule has 0 spiro atoms. The molecule has 2 aliphatic heterocycles. The smallest absolute Gasteiger partial charge is 0.193 e. The van der Waals surface area contributed by atoms with Crippen LogP contribution in [-0.4, -0.2) is 73.6 Å². The van der Waals surface area contributed by atoms with Crippen LogP contribution in [0.4, 0.5) is 0 Å². The van der Waals surface area contributed by atoms with Crippen LogP contribution in [0.3, 0.4) is 0 Å². The predicted octanol–water partition coefficient (Wildman–Crippen LogP) is 3.13. The first-order valence-electron chi connectivity index (χ1n) is 9.08. The highest BCUT2D eigenvalue weighted by molar-refractivity contribution is 14.0. The zero-order valence-corrected chi connectivity index (χ0v) is 18.1. The van der Waals surface area contributed by atoms with Gasteiger partial charge in [-0.05, 0) is 63.6 Å². The fourth-order valence-electron chi connectivity index (χ4n) is 3.50. The summed E-state index contributed by atoms with van der Waals surface area (Å²) in [6, 6.07) is 0. The van der Waals surface area contributed by atoms with E-state index in [2.05, 4.69) is 28.3 Å². The highest BCUT2D eigenvalue weighted by Gasteiger charge is 2.26. The Bertz CT molecular complexity index is 335. The summed E-state index contributed by atoms with van der Waals surface area (Å²) in [4.78, 5) is 9.98. The van der Waals surface area contributed by atoms with Gasteiger partial charge in [0.05, 0.1) is 0 Å². The van der Waals surface area contributed by atoms with E-state index in [4.69, 9.17) is 4.99 Å². The largest absolute Gasteiger partial charge is 0.357 e. The first-order valence-corrected chi connectivity index (χ1v) is 10.5. The first kappa shape index (κ1) is 21.4. The molecule has 2 rings (SSSR count). The van der Waals surface area contributed by atoms with Crippen LogP contribution in [0.25, 0.3) is 0 Å². The van der Waals surface area contributed by atoms with Crippen molar-refractivity contribution < 1.29 is 0 Å². The average molecular weight is 454 g/mol. The molecule has 0 bridgehead atoms. The maximum Gasteiger partial charge on any atom is 0.193 e. The van der Waals surface area contributed by atoms with Gasteiger partial charge in [0.1, 0.15) is 0 Å². The zero-order chi connectivity index (χ0) is 15.6. The Morgan fingerprint density at radius 2 is 2.00 bits per heavy atom. The number of aliphatic imine (C=N–C) groups is 1. The van der Waals surface area contributed by atoms with E-state index in [9.17, 15) is 0 Å². The van der Waals surface area contributed by atoms with Crippen molar-refractivity contribution in [3.63, 3.8) is 0 Å². The van der Waals surface area contributed by atoms with Crippen LogP contribution in [-0.2, 0) is 0 Å². The van der Waals surface area contributed by atoms with Crippen molar-refractivity contribution in [2.24, 2.45) is 10.9 Å². The molecule has 23 heavy (non-hydrogen) atoms. The Labute approximate surface area is 164 Å². The molecule has 2 fully saturated rings. The van der Waals surface area contributed by atoms with E-state index in [1.165, 1.54) is 70.6 Å². The Kier molecular flexibility index (Phi) is 11.7. The van der Waals surface area contributed by atoms with Gasteiger partial charge in [-0.15, -0.1) is 24.0 Å². The monoisotopic (exact) mass is 454 g/mol. The molecular weight excluding hydrogens is 419 g/mol. The Balaban J connectivity index is 0.00000264. The molecular formula is C17H35IN4S. The van der Waals surface area contributed by atoms with Crippen LogP contribution < -0.4 is 5.32 Å². The number of halogens is 1. The Morgan fingerprint density at radius 1 is 1.22 bits per heavy atom. The maximum atomic E-state index is 4.82. The van der Waals surface area contributed by atoms with Gasteiger partial charge in [-0.3, -0.25) is 4.99 Å². The summed E-state index contributed by atoms with van der Waals surface area (Å²) in [5, 5.41) is 3.48. The molecule has 1 N–H and O–H groups in total. The van der Waals surface area contributed by atoms with E-state index in [1.807, 2.05) is 11.8 Å². The number of thioether (sulfide) groups is 1. The quantitative estimate of drug-likeness (QED) is 0.277. The highest BCUT2D eigenvalue weighted by Crippen LogP contribution is 2.20. The summed E-state index contributed by atoms with van der Waals surface area (Å²) in [5.74, 6) is 3.18. The Morgan fingerprint density at radius 3 is 2.70 bits per heavy atom. The lowest BCUT2D eigenvalue weighted by Crippen LogP contribution is -2.41. The van der Waals surface area contributed by atoms with E-state index in [-0.39, 0.29) is 24.0 Å². The summed E-state index contributed by atoms with van der Waals surface area (Å²) in [6.45, 7) is 10.4. The van der Waals surface area contributed by atoms with Crippen LogP contribution in [0.15, 0.2) is 4.99 Å². The summed E-state index contributed by atoms with van der Waals surface area (Å²) in [7, 11) is 0. The molecule has 0 aromatic heterocycles. The predicted molar refractivity (Wildman–Crippen MR) is 114 cm³/mol. The third-order valence-electron chi connectivity index (χ3n) is 4.65. The summed E-state index contributed by atoms with van der Waals surface area (Å²) < 4.78 is 0. The van der Waals surface area contributed by atoms with Crippen LogP contribution in [0, 0.1) is 5.92 Å². The van der Waals surface area contributed by atoms with Gasteiger partial charge < -0.3 is 15.1 Å². The lowest BCUT2D eigenvalue weighted by atomic mass is 10.1. The fourth-order valence-corrected chi connectivity index (χ4v) is 3.92. The molecule has 4 nitrogen and oxygen atoms in total. The van der Waals surface area contributed by atoms with Crippen molar-refractivity contribution in [2.75, 3.05) is 57.8 Å². The van der Waals surface area contributed by atoms with Gasteiger partial charge in [-0.2, -0.15) is 11.8 Å². The number of likely N-dealkylation sites (tertiary alicyclic amines) is 2. The van der Waals surface area contributed by atoms with E-state index < -0.39 is 0 Å². The van der Waals surface area contributed by atoms with Crippen molar-refractivity contribution in [2.45, 2.75) is 39.0 Å². The van der Waals surface area contributed by atoms with Crippen LogP contribution in [0.2, 0.25) is 0 Å². The fraction of sp³-hybridized carbons (Fsp3) is 0.941. The molecule has 1 atom stereocenters. The lowest BCUT2D eigenvalue weighted by Gasteiger charge is -2.29. The molecule has 2 aliphatic rings. The topological polar surface area (TPSA) is 30.9 Å². The minimum atomic E-state index is 0. The third-order valence-corrected chi connectivity index (χ3v) is 5.35. The molecule has 0 aliphatic carbocycles. The molecule has 0 aromatic rings. The Hall–Kier alpha value is 0.310. The van der Waals surface area contributed by atoms with E-state index in [0.717, 1.165) is 25.0 Å². The van der Waals surface area contributed by atoms with E-state index in [1.54, 1.807) is 0 Å². The molecule has 2 heterocycles. The minimum Gasteiger partial charge on any atom is -0.357 e. The first-order chi connectivity index (χ1) is 10.8. The van der Waals surface area contributed by atoms with E-state index in [0.29, 0.717) is 0 Å². The average Bonchev–Trinajstić information content (AvgIpc) is 3.00. The highest BCUT2D eigenvalue weighted by atomic mass is 127. The molecule has 1 unspecified atom stereocenters. The van der Waals surface area contributed by atoms with Gasteiger partial charge in [-0.1, -0.05) is 6.42 Å². The van der Waals surface area contributed by atoms with Crippen molar-refractivity contribution in [3.8, 4) is 0 Å². The molecule has 0 amide bonds. The normalized spacial score (nSPS) is 23.0. The summed E-state index contributed by atoms with van der Waals surface area (Å²) in [5.41, 5.74) is 0. The number of nitrogens with one attached hydrogen (secondary N) is 1. The maximum absolute atomic E-state index is 4.82. The molecule has 2 saturated heterocycles. The standard InChI is InChI=1S/C17H34N4S.HI/c1-3-18-17(19-9-7-13-22-2)21-12-8-16(15-21)14-20-10-5-4-6-11-20;/h16H,3-15H2,1-2H3,(H,18,19);1H. The van der Waals surface area contributed by atoms with Gasteiger partial charge in [-0.25, -0.2) is 0 Å². The number of guanidine groups is 1. The molecule has 0 aromatic carbocycles. The van der Waals surface area contributed by atoms with Crippen molar-refractivity contribution in [1.29, 1.82) is 0 Å². The number of nitrogens with zero attached hydrogens (tertiary/aromatic N) is 3. The lowest BCUT2D eigenvalue weighted by molar-refractivity contribution is 0.198. The summed E-state index contributed by atoms with van der Waals surface area (Å²) in [6.07, 6.45) is 8.90. The SMILES string of the molecule is CCNC(=NCCCSC)N1CCC(CN2CCCCC2)C1.I. The minimum absolute atomic E-state index is 0. The van der Waals surface area contributed by atoms with Crippen LogP contribution in [0.1, 0.15) is 39.0 Å². The number of hydrogen-bond acceptors (Lipinski definition) is 3. The molecule has 0 radical (unpaired) electrons. The van der Waals surface area contributed by atoms with Crippen molar-refractivity contribution in [1.82, 2.24) is 15.1 Å². The molecule has 136 valence electrons. The van der Waals surface area contributed by atoms with Crippen LogP contribution >= 0.6 is 35.7 Å². The number of piperidine rings is 1.